The molecule has 0 saturated carbocycles. The van der Waals surface area contributed by atoms with Crippen molar-refractivity contribution in [3.8, 4) is 44.5 Å². The van der Waals surface area contributed by atoms with E-state index in [1.54, 1.807) is 6.07 Å². The molecular formula is C63H42BF3N2S. The Bertz CT molecular complexity index is 3720. The second-order valence-corrected chi connectivity index (χ2v) is 20.2. The van der Waals surface area contributed by atoms with Gasteiger partial charge < -0.3 is 9.80 Å². The monoisotopic (exact) mass is 926 g/mol. The minimum absolute atomic E-state index is 0.163. The van der Waals surface area contributed by atoms with E-state index in [0.717, 1.165) is 50.6 Å². The number of benzene rings is 9. The molecule has 0 atom stereocenters. The fourth-order valence-corrected chi connectivity index (χ4v) is 14.1. The molecule has 9 aromatic carbocycles. The van der Waals surface area contributed by atoms with E-state index < -0.39 is 17.2 Å². The average Bonchev–Trinajstić information content (AvgIpc) is 4.03. The molecule has 0 unspecified atom stereocenters. The zero-order valence-electron chi connectivity index (χ0n) is 38.3. The number of hydrogen-bond donors (Lipinski definition) is 0. The van der Waals surface area contributed by atoms with Gasteiger partial charge in [-0.2, -0.15) is 13.2 Å². The fraction of sp³-hybridized carbons (Fsp3) is 0.0794. The summed E-state index contributed by atoms with van der Waals surface area (Å²) in [7, 11) is 0. The van der Waals surface area contributed by atoms with Gasteiger partial charge in [0, 0.05) is 43.7 Å². The largest absolute Gasteiger partial charge is 0.416 e. The smallest absolute Gasteiger partial charge is 0.311 e. The van der Waals surface area contributed by atoms with Crippen LogP contribution in [0.5, 0.6) is 0 Å². The highest BCUT2D eigenvalue weighted by Crippen LogP contribution is 2.67. The van der Waals surface area contributed by atoms with E-state index in [4.69, 9.17) is 0 Å². The number of thiophene rings is 1. The molecule has 2 nitrogen and oxygen atoms in total. The molecule has 2 aliphatic carbocycles. The number of nitrogens with zero attached hydrogens (tertiary/aromatic N) is 2. The normalized spacial score (nSPS) is 14.2. The number of alkyl halides is 3. The van der Waals surface area contributed by atoms with Gasteiger partial charge in [0.1, 0.15) is 0 Å². The second-order valence-electron chi connectivity index (χ2n) is 19.2. The lowest BCUT2D eigenvalue weighted by molar-refractivity contribution is -0.138. The van der Waals surface area contributed by atoms with Crippen LogP contribution in [0.15, 0.2) is 212 Å². The standard InChI is InChI=1S/C63H42BF3N2S/c1-38(2)46-36-47(48(37-52(46)63(65,66)67)39-19-6-3-7-20-39)40-33-34-53-56(35-40)68(41-21-8-4-9-22-41)54-31-18-32-55-58(54)64(53)61-59(69(55)42-23-10-5-11-24-42)57-45-27-14-17-30-51(45)62(60(57)70-61)49-28-15-12-25-43(49)44-26-13-16-29-50(44)62/h3-38H,1-2H3. The van der Waals surface area contributed by atoms with Crippen LogP contribution < -0.4 is 25.5 Å². The van der Waals surface area contributed by atoms with Crippen LogP contribution in [0.25, 0.3) is 44.5 Å². The van der Waals surface area contributed by atoms with Crippen molar-refractivity contribution in [3.63, 3.8) is 0 Å². The topological polar surface area (TPSA) is 6.48 Å². The van der Waals surface area contributed by atoms with Crippen LogP contribution in [0.2, 0.25) is 0 Å². The summed E-state index contributed by atoms with van der Waals surface area (Å²) < 4.78 is 46.3. The van der Waals surface area contributed by atoms with Gasteiger partial charge in [-0.3, -0.25) is 0 Å². The average molecular weight is 927 g/mol. The summed E-state index contributed by atoms with van der Waals surface area (Å²) >= 11 is 1.94. The van der Waals surface area contributed by atoms with E-state index in [0.29, 0.717) is 5.56 Å². The Hall–Kier alpha value is -7.87. The summed E-state index contributed by atoms with van der Waals surface area (Å²) in [4.78, 5) is 6.22. The molecule has 0 fully saturated rings. The van der Waals surface area contributed by atoms with Crippen molar-refractivity contribution < 1.29 is 13.2 Å². The maximum Gasteiger partial charge on any atom is 0.416 e. The van der Waals surface area contributed by atoms with E-state index >= 15 is 0 Å². The second kappa shape index (κ2) is 15.1. The van der Waals surface area contributed by atoms with E-state index in [-0.39, 0.29) is 18.2 Å². The van der Waals surface area contributed by atoms with Gasteiger partial charge in [0.05, 0.1) is 16.7 Å². The first-order valence-corrected chi connectivity index (χ1v) is 24.8. The van der Waals surface area contributed by atoms with Crippen LogP contribution in [0.1, 0.15) is 52.5 Å². The summed E-state index contributed by atoms with van der Waals surface area (Å²) in [5, 5.41) is 0. The van der Waals surface area contributed by atoms with Crippen molar-refractivity contribution in [3.05, 3.63) is 245 Å². The molecule has 0 N–H and O–H groups in total. The Morgan fingerprint density at radius 2 is 1.01 bits per heavy atom. The molecule has 1 spiro atoms. The SMILES string of the molecule is CC(C)c1cc(-c2ccc3c(c2)N(c2ccccc2)c2cccc4c2B3c2sc3c(c2N4c2ccccc2)-c2ccccc2C32c3ccccc3-c3ccccc32)c(-c2ccccc2)cc1C(F)(F)F. The van der Waals surface area contributed by atoms with E-state index in [1.165, 1.54) is 65.8 Å². The van der Waals surface area contributed by atoms with Crippen LogP contribution in [-0.4, -0.2) is 6.71 Å². The van der Waals surface area contributed by atoms with Crippen LogP contribution >= 0.6 is 11.3 Å². The van der Waals surface area contributed by atoms with Crippen molar-refractivity contribution in [2.75, 3.05) is 9.80 Å². The number of anilines is 6. The summed E-state index contributed by atoms with van der Waals surface area (Å²) in [5.74, 6) is -0.356. The third-order valence-corrected chi connectivity index (χ3v) is 16.6. The summed E-state index contributed by atoms with van der Waals surface area (Å²) in [6, 6.07) is 74.3. The molecular weight excluding hydrogens is 885 g/mol. The Balaban J connectivity index is 1.08. The Kier molecular flexibility index (Phi) is 8.85. The number of hydrogen-bond acceptors (Lipinski definition) is 3. The lowest BCUT2D eigenvalue weighted by Crippen LogP contribution is -2.60. The molecule has 0 amide bonds. The van der Waals surface area contributed by atoms with Crippen molar-refractivity contribution in [1.29, 1.82) is 0 Å². The molecule has 7 heteroatoms. The van der Waals surface area contributed by atoms with E-state index in [9.17, 15) is 13.2 Å². The summed E-state index contributed by atoms with van der Waals surface area (Å²) in [5.41, 5.74) is 19.9. The maximum absolute atomic E-state index is 15.0. The first-order chi connectivity index (χ1) is 34.2. The molecule has 1 aromatic heterocycles. The van der Waals surface area contributed by atoms with Crippen molar-refractivity contribution in [2.24, 2.45) is 0 Å². The van der Waals surface area contributed by atoms with Crippen LogP contribution in [0.4, 0.5) is 47.3 Å². The van der Waals surface area contributed by atoms with Gasteiger partial charge in [-0.05, 0) is 133 Å². The van der Waals surface area contributed by atoms with Crippen molar-refractivity contribution >= 4 is 67.9 Å². The van der Waals surface area contributed by atoms with E-state index in [1.807, 2.05) is 61.6 Å². The first-order valence-electron chi connectivity index (χ1n) is 24.0. The third-order valence-electron chi connectivity index (χ3n) is 15.2. The molecule has 2 aliphatic heterocycles. The van der Waals surface area contributed by atoms with Gasteiger partial charge in [0.2, 0.25) is 0 Å². The van der Waals surface area contributed by atoms with Gasteiger partial charge in [-0.15, -0.1) is 11.3 Å². The van der Waals surface area contributed by atoms with Gasteiger partial charge >= 0.3 is 6.18 Å². The fourth-order valence-electron chi connectivity index (χ4n) is 12.5. The zero-order chi connectivity index (χ0) is 47.0. The van der Waals surface area contributed by atoms with Crippen molar-refractivity contribution in [2.45, 2.75) is 31.4 Å². The molecule has 4 aliphatic rings. The molecule has 10 aromatic rings. The molecule has 0 saturated heterocycles. The van der Waals surface area contributed by atoms with Gasteiger partial charge in [0.25, 0.3) is 6.71 Å². The third kappa shape index (κ3) is 5.58. The van der Waals surface area contributed by atoms with Crippen LogP contribution in [-0.2, 0) is 11.6 Å². The molecule has 70 heavy (non-hydrogen) atoms. The van der Waals surface area contributed by atoms with E-state index in [2.05, 4.69) is 174 Å². The van der Waals surface area contributed by atoms with Crippen molar-refractivity contribution in [1.82, 2.24) is 0 Å². The minimum atomic E-state index is -4.52. The highest BCUT2D eigenvalue weighted by molar-refractivity contribution is 7.30. The predicted octanol–water partition coefficient (Wildman–Crippen LogP) is 15.7. The molecule has 0 radical (unpaired) electrons. The highest BCUT2D eigenvalue weighted by Gasteiger charge is 2.56. The molecule has 3 heterocycles. The number of para-hydroxylation sites is 2. The Morgan fingerprint density at radius 1 is 0.486 bits per heavy atom. The van der Waals surface area contributed by atoms with Crippen LogP contribution in [0, 0.1) is 0 Å². The summed E-state index contributed by atoms with van der Waals surface area (Å²) in [6.45, 7) is 3.53. The van der Waals surface area contributed by atoms with Gasteiger partial charge in [-0.25, -0.2) is 0 Å². The molecule has 0 bridgehead atoms. The predicted molar refractivity (Wildman–Crippen MR) is 285 cm³/mol. The number of fused-ring (bicyclic) bond motifs is 15. The van der Waals surface area contributed by atoms with Crippen LogP contribution in [0.3, 0.4) is 0 Å². The van der Waals surface area contributed by atoms with Gasteiger partial charge in [-0.1, -0.05) is 172 Å². The number of rotatable bonds is 5. The summed E-state index contributed by atoms with van der Waals surface area (Å²) in [6.07, 6.45) is -4.52. The Morgan fingerprint density at radius 3 is 1.63 bits per heavy atom. The zero-order valence-corrected chi connectivity index (χ0v) is 39.1. The highest BCUT2D eigenvalue weighted by atomic mass is 32.1. The lowest BCUT2D eigenvalue weighted by atomic mass is 9.36. The first kappa shape index (κ1) is 41.1. The quantitative estimate of drug-likeness (QED) is 0.159. The molecule has 14 rings (SSSR count). The molecule has 334 valence electrons. The number of halogens is 3. The lowest BCUT2D eigenvalue weighted by Gasteiger charge is -2.43. The van der Waals surface area contributed by atoms with Gasteiger partial charge in [0.15, 0.2) is 0 Å². The maximum atomic E-state index is 15.0. The minimum Gasteiger partial charge on any atom is -0.311 e. The Labute approximate surface area is 409 Å².